The Morgan fingerprint density at radius 3 is 2.57 bits per heavy atom. The monoisotopic (exact) mass is 338 g/mol. The number of phenolic OH excluding ortho intramolecular Hbond substituents is 1. The highest BCUT2D eigenvalue weighted by Crippen LogP contribution is 2.34. The van der Waals surface area contributed by atoms with Crippen LogP contribution < -0.4 is 5.32 Å². The Labute approximate surface area is 132 Å². The number of carbonyl (C=O) groups is 1. The number of aromatic nitrogens is 1. The fourth-order valence-electron chi connectivity index (χ4n) is 2.19. The van der Waals surface area contributed by atoms with Crippen molar-refractivity contribution in [3.63, 3.8) is 0 Å². The Balaban J connectivity index is 1.99. The van der Waals surface area contributed by atoms with Crippen molar-refractivity contribution < 1.29 is 23.1 Å². The Morgan fingerprint density at radius 2 is 1.83 bits per heavy atom. The lowest BCUT2D eigenvalue weighted by atomic mass is 10.1. The molecule has 1 heterocycles. The summed E-state index contributed by atoms with van der Waals surface area (Å²) < 4.78 is 38.5. The molecule has 3 rings (SSSR count). The van der Waals surface area contributed by atoms with E-state index in [4.69, 9.17) is 0 Å². The van der Waals surface area contributed by atoms with Crippen LogP contribution in [0.1, 0.15) is 15.4 Å². The van der Waals surface area contributed by atoms with Gasteiger partial charge in [0.25, 0.3) is 5.91 Å². The maximum Gasteiger partial charge on any atom is 0.434 e. The smallest absolute Gasteiger partial charge is 0.434 e. The molecule has 0 bridgehead atoms. The van der Waals surface area contributed by atoms with E-state index in [1.165, 1.54) is 6.07 Å². The number of aromatic hydroxyl groups is 1. The minimum Gasteiger partial charge on any atom is -0.507 e. The number of carbonyl (C=O) groups excluding carboxylic acids is 1. The lowest BCUT2D eigenvalue weighted by Gasteiger charge is -2.10. The first kappa shape index (κ1) is 15.3. The Morgan fingerprint density at radius 1 is 1.13 bits per heavy atom. The molecule has 2 N–H and O–H groups in total. The van der Waals surface area contributed by atoms with Gasteiger partial charge in [0, 0.05) is 16.5 Å². The van der Waals surface area contributed by atoms with Gasteiger partial charge in [-0.15, -0.1) is 11.3 Å². The highest BCUT2D eigenvalue weighted by atomic mass is 32.1. The number of anilines is 1. The minimum atomic E-state index is -4.69. The van der Waals surface area contributed by atoms with Crippen LogP contribution in [0, 0.1) is 0 Å². The second-order valence-electron chi connectivity index (χ2n) is 4.66. The van der Waals surface area contributed by atoms with Crippen LogP contribution in [0.4, 0.5) is 18.9 Å². The first-order valence-corrected chi connectivity index (χ1v) is 7.28. The van der Waals surface area contributed by atoms with E-state index in [1.807, 2.05) is 0 Å². The maximum atomic E-state index is 12.8. The zero-order valence-corrected chi connectivity index (χ0v) is 12.2. The van der Waals surface area contributed by atoms with Crippen molar-refractivity contribution in [2.75, 3.05) is 5.32 Å². The normalized spacial score (nSPS) is 11.6. The summed E-state index contributed by atoms with van der Waals surface area (Å²) in [5.41, 5.74) is 0.0835. The second-order valence-corrected chi connectivity index (χ2v) is 5.51. The van der Waals surface area contributed by atoms with E-state index < -0.39 is 22.7 Å². The number of rotatable bonds is 2. The molecule has 0 aliphatic carbocycles. The first-order chi connectivity index (χ1) is 10.9. The number of nitrogens with zero attached hydrogens (tertiary/aromatic N) is 1. The fourth-order valence-corrected chi connectivity index (χ4v) is 2.89. The minimum absolute atomic E-state index is 0.0207. The van der Waals surface area contributed by atoms with Crippen LogP contribution in [0.3, 0.4) is 0 Å². The van der Waals surface area contributed by atoms with Gasteiger partial charge in [-0.05, 0) is 12.1 Å². The van der Waals surface area contributed by atoms with Crippen molar-refractivity contribution >= 4 is 33.7 Å². The van der Waals surface area contributed by atoms with Crippen LogP contribution in [0.15, 0.2) is 41.9 Å². The molecular weight excluding hydrogens is 329 g/mol. The summed E-state index contributed by atoms with van der Waals surface area (Å²) in [6.07, 6.45) is -4.69. The highest BCUT2D eigenvalue weighted by molar-refractivity contribution is 7.12. The molecule has 2 aromatic carbocycles. The lowest BCUT2D eigenvalue weighted by Crippen LogP contribution is -2.17. The summed E-state index contributed by atoms with van der Waals surface area (Å²) in [6.45, 7) is 0. The van der Waals surface area contributed by atoms with Crippen molar-refractivity contribution in [3.05, 3.63) is 52.5 Å². The molecular formula is C15H9F3N2O2S. The predicted molar refractivity (Wildman–Crippen MR) is 80.7 cm³/mol. The largest absolute Gasteiger partial charge is 0.507 e. The predicted octanol–water partition coefficient (Wildman–Crippen LogP) is 4.27. The van der Waals surface area contributed by atoms with Gasteiger partial charge in [0.1, 0.15) is 10.6 Å². The van der Waals surface area contributed by atoms with Gasteiger partial charge in [-0.3, -0.25) is 4.79 Å². The molecule has 0 radical (unpaired) electrons. The van der Waals surface area contributed by atoms with Gasteiger partial charge in [-0.1, -0.05) is 24.3 Å². The third-order valence-electron chi connectivity index (χ3n) is 3.19. The number of nitrogens with one attached hydrogen (secondary N) is 1. The van der Waals surface area contributed by atoms with Crippen molar-refractivity contribution in [3.8, 4) is 5.75 Å². The molecule has 23 heavy (non-hydrogen) atoms. The number of fused-ring (bicyclic) bond motifs is 1. The molecule has 0 saturated carbocycles. The molecule has 118 valence electrons. The second kappa shape index (κ2) is 5.54. The van der Waals surface area contributed by atoms with Gasteiger partial charge in [-0.2, -0.15) is 13.2 Å². The van der Waals surface area contributed by atoms with E-state index in [2.05, 4.69) is 10.3 Å². The lowest BCUT2D eigenvalue weighted by molar-refractivity contribution is -0.141. The van der Waals surface area contributed by atoms with Crippen molar-refractivity contribution in [1.82, 2.24) is 4.98 Å². The summed E-state index contributed by atoms with van der Waals surface area (Å²) in [5.74, 6) is -0.872. The number of hydrogen-bond donors (Lipinski definition) is 2. The van der Waals surface area contributed by atoms with Crippen molar-refractivity contribution in [2.45, 2.75) is 6.18 Å². The Hall–Kier alpha value is -2.61. The summed E-state index contributed by atoms with van der Waals surface area (Å²) in [4.78, 5) is 14.9. The summed E-state index contributed by atoms with van der Waals surface area (Å²) in [7, 11) is 0. The van der Waals surface area contributed by atoms with E-state index in [1.54, 1.807) is 30.3 Å². The van der Waals surface area contributed by atoms with Crippen LogP contribution in [-0.4, -0.2) is 16.0 Å². The van der Waals surface area contributed by atoms with E-state index >= 15 is 0 Å². The van der Waals surface area contributed by atoms with Gasteiger partial charge < -0.3 is 10.4 Å². The molecule has 0 aliphatic rings. The Kier molecular flexibility index (Phi) is 3.69. The number of alkyl halides is 3. The van der Waals surface area contributed by atoms with Crippen LogP contribution in [-0.2, 0) is 6.18 Å². The number of benzene rings is 2. The molecule has 0 aliphatic heterocycles. The third kappa shape index (κ3) is 2.85. The zero-order chi connectivity index (χ0) is 16.6. The van der Waals surface area contributed by atoms with E-state index in [-0.39, 0.29) is 5.75 Å². The fraction of sp³-hybridized carbons (Fsp3) is 0.0667. The molecule has 0 atom stereocenters. The third-order valence-corrected chi connectivity index (χ3v) is 4.01. The first-order valence-electron chi connectivity index (χ1n) is 6.40. The molecule has 1 aromatic heterocycles. The average molecular weight is 338 g/mol. The van der Waals surface area contributed by atoms with E-state index in [0.717, 1.165) is 5.51 Å². The number of amides is 1. The van der Waals surface area contributed by atoms with Crippen LogP contribution in [0.25, 0.3) is 10.8 Å². The van der Waals surface area contributed by atoms with Gasteiger partial charge in [-0.25, -0.2) is 4.98 Å². The molecule has 4 nitrogen and oxygen atoms in total. The molecule has 8 heteroatoms. The van der Waals surface area contributed by atoms with Gasteiger partial charge in [0.05, 0.1) is 5.51 Å². The number of thiazole rings is 1. The zero-order valence-electron chi connectivity index (χ0n) is 11.4. The SMILES string of the molecule is O=C(Nc1cccc2c(O)cccc12)c1scnc1C(F)(F)F. The van der Waals surface area contributed by atoms with Crippen LogP contribution in [0.2, 0.25) is 0 Å². The van der Waals surface area contributed by atoms with Crippen LogP contribution in [0.5, 0.6) is 5.75 Å². The number of hydrogen-bond acceptors (Lipinski definition) is 4. The average Bonchev–Trinajstić information content (AvgIpc) is 2.98. The quantitative estimate of drug-likeness (QED) is 0.733. The molecule has 0 unspecified atom stereocenters. The number of halogens is 3. The highest BCUT2D eigenvalue weighted by Gasteiger charge is 2.38. The molecule has 0 fully saturated rings. The molecule has 3 aromatic rings. The maximum absolute atomic E-state index is 12.8. The Bertz CT molecular complexity index is 890. The van der Waals surface area contributed by atoms with Crippen LogP contribution >= 0.6 is 11.3 Å². The van der Waals surface area contributed by atoms with Gasteiger partial charge in [0.15, 0.2) is 5.69 Å². The standard InChI is InChI=1S/C15H9F3N2O2S/c16-15(17,18)13-12(23-7-19-13)14(22)20-10-5-1-4-9-8(10)3-2-6-11(9)21/h1-7,21H,(H,20,22). The van der Waals surface area contributed by atoms with Gasteiger partial charge >= 0.3 is 6.18 Å². The van der Waals surface area contributed by atoms with Crippen molar-refractivity contribution in [1.29, 1.82) is 0 Å². The topological polar surface area (TPSA) is 62.2 Å². The van der Waals surface area contributed by atoms with Gasteiger partial charge in [0.2, 0.25) is 0 Å². The summed E-state index contributed by atoms with van der Waals surface area (Å²) in [5, 5.41) is 13.3. The molecule has 1 amide bonds. The summed E-state index contributed by atoms with van der Waals surface area (Å²) >= 11 is 0.620. The van der Waals surface area contributed by atoms with Crippen molar-refractivity contribution in [2.24, 2.45) is 0 Å². The number of phenols is 1. The van der Waals surface area contributed by atoms with E-state index in [9.17, 15) is 23.1 Å². The molecule has 0 spiro atoms. The van der Waals surface area contributed by atoms with E-state index in [0.29, 0.717) is 27.8 Å². The molecule has 0 saturated heterocycles. The summed E-state index contributed by atoms with van der Waals surface area (Å²) in [6, 6.07) is 9.51.